The van der Waals surface area contributed by atoms with Crippen molar-refractivity contribution >= 4 is 23.2 Å². The standard InChI is InChI=1S/C11H8Cl2F3N3/c12-4-3-7-6-19(18-17-7)8-1-2-10(13)9(5-8)11(14,15)16/h1-2,5-6H,3-4H2. The molecule has 0 aliphatic carbocycles. The summed E-state index contributed by atoms with van der Waals surface area (Å²) in [5.74, 6) is 0.368. The molecular formula is C11H8Cl2F3N3. The maximum absolute atomic E-state index is 12.7. The molecule has 8 heteroatoms. The van der Waals surface area contributed by atoms with Gasteiger partial charge in [-0.05, 0) is 18.2 Å². The Hall–Kier alpha value is -1.27. The van der Waals surface area contributed by atoms with Crippen LogP contribution in [0.4, 0.5) is 13.2 Å². The van der Waals surface area contributed by atoms with Crippen molar-refractivity contribution in [3.8, 4) is 5.69 Å². The van der Waals surface area contributed by atoms with Gasteiger partial charge in [-0.25, -0.2) is 4.68 Å². The molecule has 0 aliphatic heterocycles. The van der Waals surface area contributed by atoms with Crippen molar-refractivity contribution < 1.29 is 13.2 Å². The third-order valence-corrected chi connectivity index (χ3v) is 2.93. The summed E-state index contributed by atoms with van der Waals surface area (Å²) in [5.41, 5.74) is -0.0513. The summed E-state index contributed by atoms with van der Waals surface area (Å²) in [7, 11) is 0. The molecule has 0 atom stereocenters. The average molecular weight is 310 g/mol. The number of alkyl halides is 4. The summed E-state index contributed by atoms with van der Waals surface area (Å²) < 4.78 is 39.4. The molecule has 0 saturated carbocycles. The zero-order chi connectivity index (χ0) is 14.0. The fourth-order valence-electron chi connectivity index (χ4n) is 1.51. The molecule has 19 heavy (non-hydrogen) atoms. The molecule has 1 aromatic heterocycles. The van der Waals surface area contributed by atoms with E-state index in [-0.39, 0.29) is 10.7 Å². The van der Waals surface area contributed by atoms with Crippen molar-refractivity contribution in [1.29, 1.82) is 0 Å². The van der Waals surface area contributed by atoms with Gasteiger partial charge in [-0.3, -0.25) is 0 Å². The molecule has 0 unspecified atom stereocenters. The first-order valence-electron chi connectivity index (χ1n) is 5.26. The maximum Gasteiger partial charge on any atom is 0.417 e. The Kier molecular flexibility index (Phi) is 4.01. The predicted molar refractivity (Wildman–Crippen MR) is 65.8 cm³/mol. The summed E-state index contributed by atoms with van der Waals surface area (Å²) in [6, 6.07) is 3.56. The van der Waals surface area contributed by atoms with Crippen LogP contribution in [0.5, 0.6) is 0 Å². The van der Waals surface area contributed by atoms with Gasteiger partial charge in [0.2, 0.25) is 0 Å². The molecule has 0 amide bonds. The van der Waals surface area contributed by atoms with E-state index in [0.717, 1.165) is 6.07 Å². The van der Waals surface area contributed by atoms with Crippen LogP contribution in [0.2, 0.25) is 5.02 Å². The highest BCUT2D eigenvalue weighted by Crippen LogP contribution is 2.35. The zero-order valence-electron chi connectivity index (χ0n) is 9.46. The van der Waals surface area contributed by atoms with E-state index < -0.39 is 11.7 Å². The second-order valence-corrected chi connectivity index (χ2v) is 4.54. The first-order chi connectivity index (χ1) is 8.91. The van der Waals surface area contributed by atoms with Gasteiger partial charge in [0.05, 0.1) is 28.2 Å². The summed E-state index contributed by atoms with van der Waals surface area (Å²) in [5, 5.41) is 7.22. The van der Waals surface area contributed by atoms with E-state index in [1.807, 2.05) is 0 Å². The predicted octanol–water partition coefficient (Wildman–Crippen LogP) is 3.72. The first kappa shape index (κ1) is 14.1. The molecule has 102 valence electrons. The SMILES string of the molecule is FC(F)(F)c1cc(-n2cc(CCCl)nn2)ccc1Cl. The lowest BCUT2D eigenvalue weighted by Gasteiger charge is -2.10. The fraction of sp³-hybridized carbons (Fsp3) is 0.273. The highest BCUT2D eigenvalue weighted by Gasteiger charge is 2.33. The summed E-state index contributed by atoms with van der Waals surface area (Å²) in [6.45, 7) is 0. The zero-order valence-corrected chi connectivity index (χ0v) is 11.0. The van der Waals surface area contributed by atoms with Gasteiger partial charge < -0.3 is 0 Å². The molecule has 1 aromatic carbocycles. The smallest absolute Gasteiger partial charge is 0.220 e. The maximum atomic E-state index is 12.7. The Labute approximate surface area is 116 Å². The number of aromatic nitrogens is 3. The topological polar surface area (TPSA) is 30.7 Å². The van der Waals surface area contributed by atoms with Gasteiger partial charge in [0.1, 0.15) is 0 Å². The van der Waals surface area contributed by atoms with Crippen LogP contribution in [0.3, 0.4) is 0 Å². The number of halogens is 5. The van der Waals surface area contributed by atoms with Gasteiger partial charge in [0.25, 0.3) is 0 Å². The molecule has 0 spiro atoms. The van der Waals surface area contributed by atoms with Crippen molar-refractivity contribution in [3.63, 3.8) is 0 Å². The quantitative estimate of drug-likeness (QED) is 0.809. The van der Waals surface area contributed by atoms with E-state index in [0.29, 0.717) is 18.0 Å². The minimum atomic E-state index is -4.51. The normalized spacial score (nSPS) is 11.8. The van der Waals surface area contributed by atoms with Crippen LogP contribution in [0.15, 0.2) is 24.4 Å². The molecule has 2 rings (SSSR count). The van der Waals surface area contributed by atoms with Gasteiger partial charge in [-0.2, -0.15) is 13.2 Å². The lowest BCUT2D eigenvalue weighted by Crippen LogP contribution is -2.07. The van der Waals surface area contributed by atoms with E-state index >= 15 is 0 Å². The summed E-state index contributed by atoms with van der Waals surface area (Å²) in [6.07, 6.45) is -2.47. The van der Waals surface area contributed by atoms with Crippen LogP contribution in [0.25, 0.3) is 5.69 Å². The Morgan fingerprint density at radius 1 is 1.26 bits per heavy atom. The van der Waals surface area contributed by atoms with E-state index in [1.165, 1.54) is 23.0 Å². The van der Waals surface area contributed by atoms with Crippen molar-refractivity contribution in [1.82, 2.24) is 15.0 Å². The minimum Gasteiger partial charge on any atom is -0.220 e. The highest BCUT2D eigenvalue weighted by atomic mass is 35.5. The van der Waals surface area contributed by atoms with Crippen LogP contribution in [0.1, 0.15) is 11.3 Å². The fourth-order valence-corrected chi connectivity index (χ4v) is 1.93. The van der Waals surface area contributed by atoms with E-state index in [1.54, 1.807) is 0 Å². The van der Waals surface area contributed by atoms with E-state index in [4.69, 9.17) is 23.2 Å². The van der Waals surface area contributed by atoms with Crippen molar-refractivity contribution in [3.05, 3.63) is 40.7 Å². The van der Waals surface area contributed by atoms with E-state index in [2.05, 4.69) is 10.3 Å². The first-order valence-corrected chi connectivity index (χ1v) is 6.17. The number of hydrogen-bond acceptors (Lipinski definition) is 2. The van der Waals surface area contributed by atoms with Gasteiger partial charge in [-0.15, -0.1) is 16.7 Å². The minimum absolute atomic E-state index is 0.241. The van der Waals surface area contributed by atoms with Gasteiger partial charge in [-0.1, -0.05) is 16.8 Å². The Morgan fingerprint density at radius 3 is 2.63 bits per heavy atom. The molecule has 3 nitrogen and oxygen atoms in total. The van der Waals surface area contributed by atoms with Crippen LogP contribution in [-0.4, -0.2) is 20.9 Å². The van der Waals surface area contributed by atoms with Crippen LogP contribution >= 0.6 is 23.2 Å². The molecule has 1 heterocycles. The van der Waals surface area contributed by atoms with Crippen molar-refractivity contribution in [2.75, 3.05) is 5.88 Å². The molecule has 2 aromatic rings. The number of benzene rings is 1. The third kappa shape index (κ3) is 3.19. The Balaban J connectivity index is 2.39. The second kappa shape index (κ2) is 5.38. The highest BCUT2D eigenvalue weighted by molar-refractivity contribution is 6.31. The van der Waals surface area contributed by atoms with Crippen LogP contribution in [-0.2, 0) is 12.6 Å². The molecule has 0 bridgehead atoms. The van der Waals surface area contributed by atoms with Gasteiger partial charge in [0, 0.05) is 12.3 Å². The Bertz CT molecular complexity index is 581. The number of hydrogen-bond donors (Lipinski definition) is 0. The molecule has 0 radical (unpaired) electrons. The van der Waals surface area contributed by atoms with Crippen LogP contribution in [0, 0.1) is 0 Å². The average Bonchev–Trinajstić information content (AvgIpc) is 2.77. The van der Waals surface area contributed by atoms with E-state index in [9.17, 15) is 13.2 Å². The molecule has 0 aliphatic rings. The lowest BCUT2D eigenvalue weighted by atomic mass is 10.2. The largest absolute Gasteiger partial charge is 0.417 e. The molecule has 0 N–H and O–H groups in total. The summed E-state index contributed by atoms with van der Waals surface area (Å²) in [4.78, 5) is 0. The van der Waals surface area contributed by atoms with Gasteiger partial charge in [0.15, 0.2) is 0 Å². The van der Waals surface area contributed by atoms with Gasteiger partial charge >= 0.3 is 6.18 Å². The third-order valence-electron chi connectivity index (χ3n) is 2.41. The van der Waals surface area contributed by atoms with Crippen LogP contribution < -0.4 is 0 Å². The van der Waals surface area contributed by atoms with Crippen molar-refractivity contribution in [2.24, 2.45) is 0 Å². The number of rotatable bonds is 3. The number of aryl methyl sites for hydroxylation is 1. The second-order valence-electron chi connectivity index (χ2n) is 3.76. The molecule has 0 saturated heterocycles. The molecular weight excluding hydrogens is 302 g/mol. The monoisotopic (exact) mass is 309 g/mol. The lowest BCUT2D eigenvalue weighted by molar-refractivity contribution is -0.137. The van der Waals surface area contributed by atoms with Crippen molar-refractivity contribution in [2.45, 2.75) is 12.6 Å². The summed E-state index contributed by atoms with van der Waals surface area (Å²) >= 11 is 11.1. The Morgan fingerprint density at radius 2 is 2.00 bits per heavy atom. The molecule has 0 fully saturated rings. The number of nitrogens with zero attached hydrogens (tertiary/aromatic N) is 3.